The van der Waals surface area contributed by atoms with Gasteiger partial charge in [0.15, 0.2) is 11.4 Å². The molecular weight excluding hydrogens is 227 g/mol. The maximum atomic E-state index is 12.3. The van der Waals surface area contributed by atoms with E-state index in [2.05, 4.69) is 9.72 Å². The second kappa shape index (κ2) is 4.38. The van der Waals surface area contributed by atoms with Crippen molar-refractivity contribution in [3.8, 4) is 5.75 Å². The van der Waals surface area contributed by atoms with E-state index >= 15 is 0 Å². The fraction of sp³-hybridized carbons (Fsp3) is 0.333. The van der Waals surface area contributed by atoms with Crippen LogP contribution in [0.2, 0.25) is 0 Å². The summed E-state index contributed by atoms with van der Waals surface area (Å²) >= 11 is 0. The van der Waals surface area contributed by atoms with Crippen LogP contribution in [-0.2, 0) is 10.9 Å². The first-order valence-electron chi connectivity index (χ1n) is 4.30. The average Bonchev–Trinajstić information content (AvgIpc) is 2.16. The molecule has 7 heteroatoms. The molecule has 1 N–H and O–H groups in total. The van der Waals surface area contributed by atoms with Gasteiger partial charge >= 0.3 is 12.1 Å². The molecular formula is C9H8F3NO3. The van der Waals surface area contributed by atoms with E-state index in [0.717, 1.165) is 6.20 Å². The van der Waals surface area contributed by atoms with E-state index < -0.39 is 29.2 Å². The summed E-state index contributed by atoms with van der Waals surface area (Å²) in [7, 11) is 0. The Morgan fingerprint density at radius 2 is 2.19 bits per heavy atom. The number of carbonyl (C=O) groups excluding carboxylic acids is 1. The van der Waals surface area contributed by atoms with Gasteiger partial charge in [-0.1, -0.05) is 0 Å². The Bertz CT molecular complexity index is 403. The van der Waals surface area contributed by atoms with Crippen molar-refractivity contribution in [2.75, 3.05) is 6.61 Å². The zero-order valence-corrected chi connectivity index (χ0v) is 8.21. The minimum Gasteiger partial charge on any atom is -0.505 e. The van der Waals surface area contributed by atoms with E-state index in [9.17, 15) is 23.1 Å². The van der Waals surface area contributed by atoms with E-state index in [-0.39, 0.29) is 6.61 Å². The Kier molecular flexibility index (Phi) is 3.36. The number of pyridine rings is 1. The number of ether oxygens (including phenoxy) is 1. The van der Waals surface area contributed by atoms with Crippen molar-refractivity contribution >= 4 is 5.97 Å². The summed E-state index contributed by atoms with van der Waals surface area (Å²) < 4.78 is 41.5. The van der Waals surface area contributed by atoms with Gasteiger partial charge in [0.1, 0.15) is 5.56 Å². The standard InChI is InChI=1S/C9H8F3NO3/c1-2-16-8(15)6-7(14)5(3-4-13-6)9(10,11)12/h3-4,14H,2H2,1H3. The Morgan fingerprint density at radius 1 is 1.56 bits per heavy atom. The van der Waals surface area contributed by atoms with Gasteiger partial charge in [0.25, 0.3) is 0 Å². The van der Waals surface area contributed by atoms with Gasteiger partial charge in [0, 0.05) is 6.20 Å². The topological polar surface area (TPSA) is 59.4 Å². The van der Waals surface area contributed by atoms with Gasteiger partial charge < -0.3 is 9.84 Å². The highest BCUT2D eigenvalue weighted by Crippen LogP contribution is 2.36. The molecule has 0 aliphatic rings. The van der Waals surface area contributed by atoms with Gasteiger partial charge in [-0.15, -0.1) is 0 Å². The molecule has 0 fully saturated rings. The molecule has 0 aliphatic carbocycles. The molecule has 0 amide bonds. The zero-order chi connectivity index (χ0) is 12.3. The van der Waals surface area contributed by atoms with Crippen LogP contribution in [0.5, 0.6) is 5.75 Å². The lowest BCUT2D eigenvalue weighted by Gasteiger charge is -2.10. The molecule has 4 nitrogen and oxygen atoms in total. The number of nitrogens with zero attached hydrogens (tertiary/aromatic N) is 1. The van der Waals surface area contributed by atoms with Gasteiger partial charge in [-0.25, -0.2) is 9.78 Å². The molecule has 0 radical (unpaired) electrons. The molecule has 0 spiro atoms. The highest BCUT2D eigenvalue weighted by Gasteiger charge is 2.36. The van der Waals surface area contributed by atoms with Crippen LogP contribution in [0, 0.1) is 0 Å². The number of hydrogen-bond donors (Lipinski definition) is 1. The van der Waals surface area contributed by atoms with Gasteiger partial charge in [-0.3, -0.25) is 0 Å². The molecule has 0 saturated heterocycles. The highest BCUT2D eigenvalue weighted by atomic mass is 19.4. The number of carbonyl (C=O) groups is 1. The van der Waals surface area contributed by atoms with E-state index in [0.29, 0.717) is 6.07 Å². The monoisotopic (exact) mass is 235 g/mol. The van der Waals surface area contributed by atoms with Crippen molar-refractivity contribution in [2.45, 2.75) is 13.1 Å². The van der Waals surface area contributed by atoms with Crippen molar-refractivity contribution in [2.24, 2.45) is 0 Å². The van der Waals surface area contributed by atoms with Crippen molar-refractivity contribution in [3.63, 3.8) is 0 Å². The number of alkyl halides is 3. The van der Waals surface area contributed by atoms with Crippen LogP contribution in [0.3, 0.4) is 0 Å². The molecule has 1 heterocycles. The predicted octanol–water partition coefficient (Wildman–Crippen LogP) is 1.98. The first-order valence-corrected chi connectivity index (χ1v) is 4.30. The Balaban J connectivity index is 3.19. The van der Waals surface area contributed by atoms with E-state index in [4.69, 9.17) is 0 Å². The molecule has 0 aliphatic heterocycles. The first-order chi connectivity index (χ1) is 7.38. The van der Waals surface area contributed by atoms with Crippen LogP contribution < -0.4 is 0 Å². The van der Waals surface area contributed by atoms with Gasteiger partial charge in [-0.2, -0.15) is 13.2 Å². The second-order valence-corrected chi connectivity index (χ2v) is 2.77. The van der Waals surface area contributed by atoms with Crippen LogP contribution in [-0.4, -0.2) is 22.7 Å². The maximum absolute atomic E-state index is 12.3. The van der Waals surface area contributed by atoms with Crippen LogP contribution in [0.25, 0.3) is 0 Å². The summed E-state index contributed by atoms with van der Waals surface area (Å²) in [6.45, 7) is 1.47. The Hall–Kier alpha value is -1.79. The molecule has 16 heavy (non-hydrogen) atoms. The van der Waals surface area contributed by atoms with Gasteiger partial charge in [-0.05, 0) is 13.0 Å². The van der Waals surface area contributed by atoms with Crippen LogP contribution in [0.4, 0.5) is 13.2 Å². The summed E-state index contributed by atoms with van der Waals surface area (Å²) in [4.78, 5) is 14.5. The molecule has 0 atom stereocenters. The largest absolute Gasteiger partial charge is 0.505 e. The number of esters is 1. The third-order valence-corrected chi connectivity index (χ3v) is 1.70. The summed E-state index contributed by atoms with van der Waals surface area (Å²) in [6.07, 6.45) is -3.96. The normalized spacial score (nSPS) is 11.2. The van der Waals surface area contributed by atoms with E-state index in [1.807, 2.05) is 0 Å². The van der Waals surface area contributed by atoms with E-state index in [1.165, 1.54) is 6.92 Å². The third-order valence-electron chi connectivity index (χ3n) is 1.70. The molecule has 0 saturated carbocycles. The molecule has 88 valence electrons. The number of rotatable bonds is 2. The van der Waals surface area contributed by atoms with Crippen LogP contribution in [0.15, 0.2) is 12.3 Å². The lowest BCUT2D eigenvalue weighted by molar-refractivity contribution is -0.138. The minimum atomic E-state index is -4.74. The summed E-state index contributed by atoms with van der Waals surface area (Å²) in [5.74, 6) is -2.31. The summed E-state index contributed by atoms with van der Waals surface area (Å²) in [5.41, 5.74) is -2.05. The lowest BCUT2D eigenvalue weighted by Crippen LogP contribution is -2.12. The third kappa shape index (κ3) is 2.41. The van der Waals surface area contributed by atoms with Crippen LogP contribution in [0.1, 0.15) is 23.0 Å². The van der Waals surface area contributed by atoms with Crippen molar-refractivity contribution in [1.82, 2.24) is 4.98 Å². The average molecular weight is 235 g/mol. The molecule has 0 unspecified atom stereocenters. The molecule has 1 rings (SSSR count). The SMILES string of the molecule is CCOC(=O)c1nccc(C(F)(F)F)c1O. The minimum absolute atomic E-state index is 0.0177. The zero-order valence-electron chi connectivity index (χ0n) is 8.21. The quantitative estimate of drug-likeness (QED) is 0.796. The first kappa shape index (κ1) is 12.3. The molecule has 0 bridgehead atoms. The number of hydrogen-bond acceptors (Lipinski definition) is 4. The summed E-state index contributed by atoms with van der Waals surface area (Å²) in [5, 5.41) is 9.24. The number of halogens is 3. The van der Waals surface area contributed by atoms with Crippen molar-refractivity contribution in [1.29, 1.82) is 0 Å². The Morgan fingerprint density at radius 3 is 2.69 bits per heavy atom. The van der Waals surface area contributed by atoms with Gasteiger partial charge in [0.05, 0.1) is 6.61 Å². The van der Waals surface area contributed by atoms with Gasteiger partial charge in [0.2, 0.25) is 0 Å². The number of aromatic hydroxyl groups is 1. The maximum Gasteiger partial charge on any atom is 0.420 e. The molecule has 0 aromatic carbocycles. The fourth-order valence-corrected chi connectivity index (χ4v) is 1.03. The Labute approximate surface area is 88.7 Å². The number of aromatic nitrogens is 1. The second-order valence-electron chi connectivity index (χ2n) is 2.77. The molecule has 1 aromatic rings. The predicted molar refractivity (Wildman–Crippen MR) is 46.9 cm³/mol. The lowest BCUT2D eigenvalue weighted by atomic mass is 10.2. The van der Waals surface area contributed by atoms with Crippen molar-refractivity contribution < 1.29 is 27.8 Å². The van der Waals surface area contributed by atoms with Crippen molar-refractivity contribution in [3.05, 3.63) is 23.5 Å². The van der Waals surface area contributed by atoms with Crippen LogP contribution >= 0.6 is 0 Å². The highest BCUT2D eigenvalue weighted by molar-refractivity contribution is 5.90. The smallest absolute Gasteiger partial charge is 0.420 e. The fourth-order valence-electron chi connectivity index (χ4n) is 1.03. The molecule has 1 aromatic heterocycles. The van der Waals surface area contributed by atoms with E-state index in [1.54, 1.807) is 0 Å². The summed E-state index contributed by atoms with van der Waals surface area (Å²) in [6, 6.07) is 0.581.